The van der Waals surface area contributed by atoms with Gasteiger partial charge in [-0.25, -0.2) is 0 Å². The molecule has 0 heterocycles. The van der Waals surface area contributed by atoms with Gasteiger partial charge in [0.1, 0.15) is 0 Å². The molecule has 0 radical (unpaired) electrons. The summed E-state index contributed by atoms with van der Waals surface area (Å²) in [5.74, 6) is -0.554. The predicted molar refractivity (Wildman–Crippen MR) is 44.1 cm³/mol. The van der Waals surface area contributed by atoms with E-state index in [-0.39, 0.29) is 42.6 Å². The summed E-state index contributed by atoms with van der Waals surface area (Å²) in [6, 6.07) is 0. The van der Waals surface area contributed by atoms with Crippen LogP contribution in [0, 0.1) is 0 Å². The summed E-state index contributed by atoms with van der Waals surface area (Å²) >= 11 is 1.29. The molecule has 0 spiro atoms. The summed E-state index contributed by atoms with van der Waals surface area (Å²) < 4.78 is 57.4. The van der Waals surface area contributed by atoms with Crippen molar-refractivity contribution in [3.63, 3.8) is 0 Å². The van der Waals surface area contributed by atoms with Crippen molar-refractivity contribution in [1.29, 1.82) is 0 Å². The molecule has 0 aromatic carbocycles. The molecule has 0 aliphatic rings. The van der Waals surface area contributed by atoms with Gasteiger partial charge < -0.3 is 0 Å². The van der Waals surface area contributed by atoms with Gasteiger partial charge in [0, 0.05) is 0 Å². The van der Waals surface area contributed by atoms with Gasteiger partial charge in [-0.15, -0.1) is 0 Å². The van der Waals surface area contributed by atoms with Crippen LogP contribution in [0.25, 0.3) is 0 Å². The zero-order valence-electron chi connectivity index (χ0n) is 6.14. The fraction of sp³-hybridized carbons (Fsp3) is 1.00. The molecule has 1 N–H and O–H groups in total. The fourth-order valence-electron chi connectivity index (χ4n) is 0.417. The van der Waals surface area contributed by atoms with E-state index in [9.17, 15) is 16.8 Å². The van der Waals surface area contributed by atoms with Gasteiger partial charge in [-0.1, -0.05) is 0 Å². The topological polar surface area (TPSA) is 107 Å². The van der Waals surface area contributed by atoms with Gasteiger partial charge in [0.05, 0.1) is 0 Å². The molecular formula is C3H8AuNaO7S2. The van der Waals surface area contributed by atoms with E-state index in [1.165, 1.54) is 21.5 Å². The first kappa shape index (κ1) is 17.9. The Morgan fingerprint density at radius 2 is 1.71 bits per heavy atom. The van der Waals surface area contributed by atoms with Crippen LogP contribution in [0.1, 0.15) is 6.42 Å². The Kier molecular flexibility index (Phi) is 9.89. The molecule has 0 aliphatic heterocycles. The Labute approximate surface area is 117 Å². The van der Waals surface area contributed by atoms with Crippen LogP contribution in [0.2, 0.25) is 0 Å². The van der Waals surface area contributed by atoms with E-state index in [1.54, 1.807) is 0 Å². The molecule has 0 aromatic rings. The van der Waals surface area contributed by atoms with Crippen LogP contribution in [0.5, 0.6) is 0 Å². The molecule has 0 aromatic heterocycles. The summed E-state index contributed by atoms with van der Waals surface area (Å²) in [6.45, 7) is -0.360. The van der Waals surface area contributed by atoms with E-state index in [2.05, 4.69) is 6.87 Å². The van der Waals surface area contributed by atoms with Gasteiger partial charge in [-0.3, -0.25) is 0 Å². The van der Waals surface area contributed by atoms with Crippen molar-refractivity contribution in [3.05, 3.63) is 0 Å². The maximum absolute atomic E-state index is 10.5. The molecule has 0 bridgehead atoms. The summed E-state index contributed by atoms with van der Waals surface area (Å²) in [6.07, 6.45) is -0.130. The zero-order chi connectivity index (χ0) is 10.5. The molecule has 14 heavy (non-hydrogen) atoms. The van der Waals surface area contributed by atoms with Crippen LogP contribution in [0.15, 0.2) is 0 Å². The third kappa shape index (κ3) is 11.6. The standard InChI is InChI=1S/C3H8O7S2.Au.Na.H/c4-11(5,6)3-1-2-10-12(7,8)9;;;/h1-3H2,(H,4,5,6)(H,7,8,9);;;/q;+1;;/p-1. The Bertz CT molecular complexity index is 334. The molecule has 0 saturated carbocycles. The van der Waals surface area contributed by atoms with E-state index in [0.29, 0.717) is 0 Å². The summed E-state index contributed by atoms with van der Waals surface area (Å²) in [5, 5.41) is 0. The Morgan fingerprint density at radius 3 is 2.07 bits per heavy atom. The second-order valence-corrected chi connectivity index (χ2v) is 5.73. The molecular weight excluding hydrogens is 432 g/mol. The number of hydrogen-bond donors (Lipinski definition) is 1. The van der Waals surface area contributed by atoms with E-state index < -0.39 is 26.3 Å². The number of rotatable bonds is 6. The zero-order valence-corrected chi connectivity index (χ0v) is 9.94. The molecule has 0 rings (SSSR count). The molecule has 0 fully saturated rings. The molecule has 7 nitrogen and oxygen atoms in total. The normalized spacial score (nSPS) is 12.2. The maximum atomic E-state index is 10.5. The summed E-state index contributed by atoms with van der Waals surface area (Å²) in [7, 11) is -8.11. The third-order valence-corrected chi connectivity index (χ3v) is 3.55. The Hall–Kier alpha value is 1.52. The molecule has 86 valence electrons. The summed E-state index contributed by atoms with van der Waals surface area (Å²) in [4.78, 5) is 0. The van der Waals surface area contributed by atoms with Crippen molar-refractivity contribution >= 4 is 50.1 Å². The monoisotopic (exact) mass is 440 g/mol. The molecule has 0 amide bonds. The first-order chi connectivity index (χ1) is 5.77. The number of hydrogen-bond acceptors (Lipinski definition) is 6. The molecule has 11 heteroatoms. The van der Waals surface area contributed by atoms with Crippen LogP contribution in [0.3, 0.4) is 0 Å². The molecule has 0 aliphatic carbocycles. The molecule has 0 atom stereocenters. The molecule has 0 saturated heterocycles. The van der Waals surface area contributed by atoms with Crippen LogP contribution < -0.4 is 0 Å². The second kappa shape index (κ2) is 7.74. The van der Waals surface area contributed by atoms with Crippen molar-refractivity contribution in [2.45, 2.75) is 6.42 Å². The quantitative estimate of drug-likeness (QED) is 0.300. The van der Waals surface area contributed by atoms with Crippen molar-refractivity contribution in [2.75, 3.05) is 12.4 Å². The van der Waals surface area contributed by atoms with Crippen LogP contribution >= 0.6 is 0 Å². The van der Waals surface area contributed by atoms with Crippen molar-refractivity contribution in [2.24, 2.45) is 0 Å². The Balaban J connectivity index is 0. The van der Waals surface area contributed by atoms with Gasteiger partial charge in [0.2, 0.25) is 0 Å². The average molecular weight is 440 g/mol. The van der Waals surface area contributed by atoms with E-state index in [1.807, 2.05) is 0 Å². The third-order valence-electron chi connectivity index (χ3n) is 0.836. The van der Waals surface area contributed by atoms with E-state index in [4.69, 9.17) is 4.55 Å². The first-order valence-electron chi connectivity index (χ1n) is 2.88. The van der Waals surface area contributed by atoms with Crippen LogP contribution in [-0.4, -0.2) is 63.3 Å². The minimum atomic E-state index is -4.07. The van der Waals surface area contributed by atoms with Crippen LogP contribution in [0.4, 0.5) is 0 Å². The predicted octanol–water partition coefficient (Wildman–Crippen LogP) is -1.64. The van der Waals surface area contributed by atoms with Gasteiger partial charge in [-0.05, 0) is 0 Å². The summed E-state index contributed by atoms with van der Waals surface area (Å²) in [5.41, 5.74) is 0. The average Bonchev–Trinajstić information content (AvgIpc) is 1.97. The molecule has 0 unspecified atom stereocenters. The van der Waals surface area contributed by atoms with E-state index in [0.717, 1.165) is 0 Å². The van der Waals surface area contributed by atoms with Crippen molar-refractivity contribution in [1.82, 2.24) is 0 Å². The van der Waals surface area contributed by atoms with E-state index >= 15 is 0 Å². The van der Waals surface area contributed by atoms with Crippen molar-refractivity contribution < 1.29 is 49.7 Å². The first-order valence-corrected chi connectivity index (χ1v) is 6.71. The fourth-order valence-corrected chi connectivity index (χ4v) is 1.56. The minimum absolute atomic E-state index is 0. The van der Waals surface area contributed by atoms with Gasteiger partial charge in [0.15, 0.2) is 0 Å². The second-order valence-electron chi connectivity index (χ2n) is 1.92. The Morgan fingerprint density at radius 1 is 1.21 bits per heavy atom. The van der Waals surface area contributed by atoms with Crippen molar-refractivity contribution in [3.8, 4) is 0 Å². The van der Waals surface area contributed by atoms with Gasteiger partial charge in [-0.2, -0.15) is 0 Å². The van der Waals surface area contributed by atoms with Gasteiger partial charge in [0.25, 0.3) is 0 Å². The van der Waals surface area contributed by atoms with Gasteiger partial charge >= 0.3 is 119 Å². The van der Waals surface area contributed by atoms with Crippen LogP contribution in [-0.2, 0) is 48.9 Å². The SMILES string of the molecule is O=S(=O)(O)CCCOS(=O)(=O)[O][Au].[NaH].